The van der Waals surface area contributed by atoms with E-state index in [0.29, 0.717) is 0 Å². The maximum Gasteiger partial charge on any atom is 0.342 e. The fraction of sp³-hybridized carbons (Fsp3) is 0.438. The molecule has 1 aliphatic heterocycles. The number of amidine groups is 1. The standard InChI is InChI=1S/C16H16N4O2/c1-10-4-6-11(7-5-10)12-14(8-17)13(19)20-16(21-2,22-3)15(12,14)9-18/h4-7,12H,1-3H3,(H2,19,20)/p+1/t12-,14+,15+/m0/s1. The highest BCUT2D eigenvalue weighted by molar-refractivity contribution is 5.95. The minimum Gasteiger partial charge on any atom is -0.317 e. The number of nitrogens with zero attached hydrogens (tertiary/aromatic N) is 2. The number of hydrogen-bond acceptors (Lipinski definition) is 5. The van der Waals surface area contributed by atoms with Gasteiger partial charge in [-0.3, -0.25) is 5.73 Å². The van der Waals surface area contributed by atoms with E-state index in [1.807, 2.05) is 31.2 Å². The van der Waals surface area contributed by atoms with Crippen molar-refractivity contribution in [2.75, 3.05) is 14.2 Å². The first-order valence-corrected chi connectivity index (χ1v) is 6.90. The van der Waals surface area contributed by atoms with E-state index in [-0.39, 0.29) is 5.84 Å². The van der Waals surface area contributed by atoms with E-state index in [1.54, 1.807) is 0 Å². The van der Waals surface area contributed by atoms with Crippen LogP contribution in [0.25, 0.3) is 0 Å². The third-order valence-electron chi connectivity index (χ3n) is 4.99. The molecule has 0 unspecified atom stereocenters. The van der Waals surface area contributed by atoms with Gasteiger partial charge < -0.3 is 9.47 Å². The van der Waals surface area contributed by atoms with Crippen LogP contribution in [0.15, 0.2) is 24.3 Å². The quantitative estimate of drug-likeness (QED) is 0.732. The molecule has 3 N–H and O–H groups in total. The van der Waals surface area contributed by atoms with Crippen molar-refractivity contribution in [2.45, 2.75) is 18.8 Å². The Kier molecular flexibility index (Phi) is 2.84. The maximum atomic E-state index is 9.90. The second kappa shape index (κ2) is 4.30. The zero-order valence-electron chi connectivity index (χ0n) is 12.7. The number of methoxy groups -OCH3 is 2. The van der Waals surface area contributed by atoms with Gasteiger partial charge in [0.15, 0.2) is 10.8 Å². The first-order valence-electron chi connectivity index (χ1n) is 6.90. The van der Waals surface area contributed by atoms with Gasteiger partial charge in [0.2, 0.25) is 0 Å². The van der Waals surface area contributed by atoms with Crippen LogP contribution in [0.1, 0.15) is 17.0 Å². The van der Waals surface area contributed by atoms with Gasteiger partial charge in [-0.15, -0.1) is 0 Å². The van der Waals surface area contributed by atoms with Crippen LogP contribution in [0, 0.1) is 40.4 Å². The van der Waals surface area contributed by atoms with E-state index in [4.69, 9.17) is 15.2 Å². The fourth-order valence-corrected chi connectivity index (χ4v) is 3.87. The number of rotatable bonds is 3. The van der Waals surface area contributed by atoms with Gasteiger partial charge in [-0.05, 0) is 12.5 Å². The van der Waals surface area contributed by atoms with Crippen LogP contribution in [0.4, 0.5) is 0 Å². The van der Waals surface area contributed by atoms with Crippen LogP contribution in [0.3, 0.4) is 0 Å². The molecule has 0 radical (unpaired) electrons. The Bertz CT molecular complexity index is 739. The van der Waals surface area contributed by atoms with Crippen molar-refractivity contribution in [3.63, 3.8) is 0 Å². The van der Waals surface area contributed by atoms with E-state index in [0.717, 1.165) is 11.1 Å². The molecule has 1 saturated carbocycles. The van der Waals surface area contributed by atoms with Gasteiger partial charge in [-0.1, -0.05) is 29.8 Å². The predicted octanol–water partition coefficient (Wildman–Crippen LogP) is -0.490. The lowest BCUT2D eigenvalue weighted by Gasteiger charge is -2.26. The molecule has 6 heteroatoms. The Morgan fingerprint density at radius 1 is 1.14 bits per heavy atom. The summed E-state index contributed by atoms with van der Waals surface area (Å²) in [5.74, 6) is -1.63. The van der Waals surface area contributed by atoms with E-state index in [9.17, 15) is 10.5 Å². The van der Waals surface area contributed by atoms with Crippen molar-refractivity contribution in [3.05, 3.63) is 35.4 Å². The Labute approximate surface area is 128 Å². The lowest BCUT2D eigenvalue weighted by atomic mass is 9.93. The van der Waals surface area contributed by atoms with Crippen LogP contribution in [-0.4, -0.2) is 26.0 Å². The molecule has 3 atom stereocenters. The van der Waals surface area contributed by atoms with E-state index >= 15 is 0 Å². The summed E-state index contributed by atoms with van der Waals surface area (Å²) in [7, 11) is 2.86. The number of ether oxygens (including phenoxy) is 2. The van der Waals surface area contributed by atoms with Crippen molar-refractivity contribution in [1.82, 2.24) is 0 Å². The summed E-state index contributed by atoms with van der Waals surface area (Å²) >= 11 is 0. The van der Waals surface area contributed by atoms with Crippen molar-refractivity contribution in [1.29, 1.82) is 10.5 Å². The molecule has 22 heavy (non-hydrogen) atoms. The Morgan fingerprint density at radius 3 is 2.18 bits per heavy atom. The van der Waals surface area contributed by atoms with Gasteiger partial charge in [0.05, 0.1) is 12.1 Å². The molecular formula is C16H17N4O2+. The number of nitrogens with two attached hydrogens (primary N) is 1. The third-order valence-corrected chi connectivity index (χ3v) is 4.99. The molecule has 0 aromatic heterocycles. The molecule has 2 aliphatic rings. The minimum absolute atomic E-state index is 0.214. The second-order valence-corrected chi connectivity index (χ2v) is 5.75. The molecule has 3 rings (SSSR count). The molecule has 0 amide bonds. The first kappa shape index (κ1) is 14.5. The summed E-state index contributed by atoms with van der Waals surface area (Å²) in [5, 5.41) is 19.7. The van der Waals surface area contributed by atoms with Crippen LogP contribution in [-0.2, 0) is 9.47 Å². The molecular weight excluding hydrogens is 280 g/mol. The highest BCUT2D eigenvalue weighted by atomic mass is 16.7. The predicted molar refractivity (Wildman–Crippen MR) is 76.9 cm³/mol. The Hall–Kier alpha value is -2.41. The van der Waals surface area contributed by atoms with E-state index in [1.165, 1.54) is 14.2 Å². The highest BCUT2D eigenvalue weighted by Crippen LogP contribution is 2.78. The summed E-state index contributed by atoms with van der Waals surface area (Å²) < 4.78 is 10.9. The highest BCUT2D eigenvalue weighted by Gasteiger charge is 2.96. The molecule has 1 aromatic carbocycles. The van der Waals surface area contributed by atoms with Gasteiger partial charge in [0, 0.05) is 20.1 Å². The Morgan fingerprint density at radius 2 is 1.73 bits per heavy atom. The van der Waals surface area contributed by atoms with Crippen molar-refractivity contribution < 1.29 is 14.5 Å². The van der Waals surface area contributed by atoms with E-state index in [2.05, 4.69) is 17.1 Å². The van der Waals surface area contributed by atoms with Gasteiger partial charge in [0.25, 0.3) is 5.84 Å². The summed E-state index contributed by atoms with van der Waals surface area (Å²) in [6, 6.07) is 12.2. The number of nitrogens with one attached hydrogen (secondary N) is 1. The molecule has 0 saturated heterocycles. The number of aryl methyl sites for hydroxylation is 1. The summed E-state index contributed by atoms with van der Waals surface area (Å²) in [6.07, 6.45) is 0. The average molecular weight is 297 g/mol. The summed E-state index contributed by atoms with van der Waals surface area (Å²) in [5.41, 5.74) is 5.67. The monoisotopic (exact) mass is 297 g/mol. The molecule has 0 spiro atoms. The normalized spacial score (nSPS) is 34.2. The number of fused-ring (bicyclic) bond motifs is 1. The van der Waals surface area contributed by atoms with Gasteiger partial charge in [0.1, 0.15) is 0 Å². The minimum atomic E-state index is -1.43. The zero-order chi connectivity index (χ0) is 16.2. The fourth-order valence-electron chi connectivity index (χ4n) is 3.87. The van der Waals surface area contributed by atoms with Crippen LogP contribution in [0.5, 0.6) is 0 Å². The topological polar surface area (TPSA) is 106 Å². The van der Waals surface area contributed by atoms with E-state index < -0.39 is 22.7 Å². The van der Waals surface area contributed by atoms with Gasteiger partial charge in [-0.2, -0.15) is 10.5 Å². The largest absolute Gasteiger partial charge is 0.342 e. The van der Waals surface area contributed by atoms with Crippen molar-refractivity contribution >= 4 is 5.84 Å². The number of nitriles is 2. The SMILES string of the molecule is COC1(OC)[NH+]=C(N)[C@@]2(C#N)[C@H](c3ccc(C)cc3)[C@@]12C#N. The first-order chi connectivity index (χ1) is 10.5. The molecule has 1 fully saturated rings. The maximum absolute atomic E-state index is 9.90. The number of hydrogen-bond donors (Lipinski definition) is 2. The van der Waals surface area contributed by atoms with Crippen molar-refractivity contribution in [3.8, 4) is 12.1 Å². The molecule has 112 valence electrons. The van der Waals surface area contributed by atoms with Crippen LogP contribution >= 0.6 is 0 Å². The molecule has 1 aliphatic carbocycles. The van der Waals surface area contributed by atoms with Gasteiger partial charge in [-0.25, -0.2) is 4.99 Å². The molecule has 0 bridgehead atoms. The zero-order valence-corrected chi connectivity index (χ0v) is 12.7. The summed E-state index contributed by atoms with van der Waals surface area (Å²) in [4.78, 5) is 2.87. The van der Waals surface area contributed by atoms with Gasteiger partial charge >= 0.3 is 5.91 Å². The molecule has 6 nitrogen and oxygen atoms in total. The Balaban J connectivity index is 2.23. The lowest BCUT2D eigenvalue weighted by Crippen LogP contribution is -2.90. The third kappa shape index (κ3) is 1.24. The van der Waals surface area contributed by atoms with Crippen LogP contribution < -0.4 is 10.7 Å². The molecule has 1 aromatic rings. The van der Waals surface area contributed by atoms with Crippen molar-refractivity contribution in [2.24, 2.45) is 16.6 Å². The van der Waals surface area contributed by atoms with Crippen LogP contribution in [0.2, 0.25) is 0 Å². The lowest BCUT2D eigenvalue weighted by molar-refractivity contribution is -0.687. The smallest absolute Gasteiger partial charge is 0.317 e. The molecule has 1 heterocycles. The number of benzene rings is 1. The average Bonchev–Trinajstić information content (AvgIpc) is 3.11. The second-order valence-electron chi connectivity index (χ2n) is 5.75. The summed E-state index contributed by atoms with van der Waals surface area (Å²) in [6.45, 7) is 1.98.